The van der Waals surface area contributed by atoms with Crippen LogP contribution in [-0.4, -0.2) is 51.7 Å². The lowest BCUT2D eigenvalue weighted by Crippen LogP contribution is -2.37. The molecule has 0 aromatic heterocycles. The van der Waals surface area contributed by atoms with Crippen molar-refractivity contribution >= 4 is 5.96 Å². The van der Waals surface area contributed by atoms with Crippen LogP contribution < -0.4 is 15.4 Å². The van der Waals surface area contributed by atoms with Gasteiger partial charge in [-0.2, -0.15) is 0 Å². The molecule has 0 heterocycles. The summed E-state index contributed by atoms with van der Waals surface area (Å²) in [6, 6.07) is 14.7. The number of benzene rings is 2. The molecule has 0 saturated heterocycles. The number of aliphatic imine (C=N–C) groups is 1. The molecule has 0 aliphatic carbocycles. The molecule has 27 heavy (non-hydrogen) atoms. The van der Waals surface area contributed by atoms with Crippen LogP contribution in [0.4, 0.5) is 4.39 Å². The summed E-state index contributed by atoms with van der Waals surface area (Å²) in [6.07, 6.45) is 0.730. The summed E-state index contributed by atoms with van der Waals surface area (Å²) in [6.45, 7) is 2.86. The van der Waals surface area contributed by atoms with Crippen LogP contribution >= 0.6 is 0 Å². The highest BCUT2D eigenvalue weighted by Crippen LogP contribution is 2.13. The standard InChI is InChI=1S/C21H29FN4O/c1-23-21(24-11-10-17-6-4-8-19(22)14-17)25-16-18-7-5-9-20(15-18)27-13-12-26(2)3/h4-9,14-15H,10-13,16H2,1-3H3,(H2,23,24,25). The largest absolute Gasteiger partial charge is 0.492 e. The Bertz CT molecular complexity index is 734. The predicted molar refractivity (Wildman–Crippen MR) is 109 cm³/mol. The number of ether oxygens (including phenoxy) is 1. The first kappa shape index (κ1) is 20.7. The van der Waals surface area contributed by atoms with Crippen molar-refractivity contribution in [2.45, 2.75) is 13.0 Å². The zero-order valence-electron chi connectivity index (χ0n) is 16.3. The molecule has 0 aliphatic heterocycles. The number of rotatable bonds is 9. The molecule has 0 aliphatic rings. The number of halogens is 1. The molecule has 146 valence electrons. The lowest BCUT2D eigenvalue weighted by atomic mass is 10.1. The first-order valence-corrected chi connectivity index (χ1v) is 9.12. The van der Waals surface area contributed by atoms with Gasteiger partial charge in [0.05, 0.1) is 0 Å². The van der Waals surface area contributed by atoms with Crippen molar-refractivity contribution in [2.75, 3.05) is 40.8 Å². The van der Waals surface area contributed by atoms with E-state index >= 15 is 0 Å². The van der Waals surface area contributed by atoms with Crippen LogP contribution in [0.15, 0.2) is 53.5 Å². The monoisotopic (exact) mass is 372 g/mol. The van der Waals surface area contributed by atoms with E-state index in [1.807, 2.05) is 44.4 Å². The van der Waals surface area contributed by atoms with Crippen LogP contribution in [0.2, 0.25) is 0 Å². The van der Waals surface area contributed by atoms with Crippen molar-refractivity contribution in [1.82, 2.24) is 15.5 Å². The molecule has 2 rings (SSSR count). The van der Waals surface area contributed by atoms with Crippen molar-refractivity contribution in [3.8, 4) is 5.75 Å². The summed E-state index contributed by atoms with van der Waals surface area (Å²) >= 11 is 0. The molecule has 0 amide bonds. The van der Waals surface area contributed by atoms with Gasteiger partial charge in [-0.15, -0.1) is 0 Å². The fourth-order valence-electron chi connectivity index (χ4n) is 2.52. The van der Waals surface area contributed by atoms with Crippen LogP contribution in [0.5, 0.6) is 5.75 Å². The Kier molecular flexibility index (Phi) is 8.58. The van der Waals surface area contributed by atoms with Crippen LogP contribution in [0.1, 0.15) is 11.1 Å². The van der Waals surface area contributed by atoms with Gasteiger partial charge in [0.2, 0.25) is 0 Å². The Balaban J connectivity index is 1.76. The summed E-state index contributed by atoms with van der Waals surface area (Å²) in [7, 11) is 5.78. The van der Waals surface area contributed by atoms with Gasteiger partial charge in [0.1, 0.15) is 18.2 Å². The lowest BCUT2D eigenvalue weighted by molar-refractivity contribution is 0.261. The fourth-order valence-corrected chi connectivity index (χ4v) is 2.52. The molecule has 0 atom stereocenters. The van der Waals surface area contributed by atoms with E-state index in [2.05, 4.69) is 20.5 Å². The maximum Gasteiger partial charge on any atom is 0.191 e. The molecule has 5 nitrogen and oxygen atoms in total. The molecular weight excluding hydrogens is 343 g/mol. The maximum atomic E-state index is 13.2. The maximum absolute atomic E-state index is 13.2. The van der Waals surface area contributed by atoms with E-state index in [0.717, 1.165) is 29.8 Å². The van der Waals surface area contributed by atoms with Gasteiger partial charge in [-0.05, 0) is 55.9 Å². The fraction of sp³-hybridized carbons (Fsp3) is 0.381. The number of guanidine groups is 1. The number of nitrogens with zero attached hydrogens (tertiary/aromatic N) is 2. The van der Waals surface area contributed by atoms with Crippen LogP contribution in [0, 0.1) is 5.82 Å². The van der Waals surface area contributed by atoms with E-state index in [1.54, 1.807) is 19.2 Å². The second-order valence-electron chi connectivity index (χ2n) is 6.53. The molecule has 2 aromatic rings. The molecule has 0 unspecified atom stereocenters. The lowest BCUT2D eigenvalue weighted by Gasteiger charge is -2.14. The van der Waals surface area contributed by atoms with Crippen LogP contribution in [-0.2, 0) is 13.0 Å². The molecule has 0 fully saturated rings. The third kappa shape index (κ3) is 8.09. The minimum absolute atomic E-state index is 0.206. The molecule has 2 N–H and O–H groups in total. The molecule has 0 bridgehead atoms. The molecule has 2 aromatic carbocycles. The Labute approximate surface area is 161 Å². The Morgan fingerprint density at radius 2 is 1.85 bits per heavy atom. The molecule has 0 radical (unpaired) electrons. The summed E-state index contributed by atoms with van der Waals surface area (Å²) in [5.41, 5.74) is 2.07. The normalized spacial score (nSPS) is 11.5. The van der Waals surface area contributed by atoms with Gasteiger partial charge < -0.3 is 20.3 Å². The Morgan fingerprint density at radius 3 is 2.59 bits per heavy atom. The van der Waals surface area contributed by atoms with Gasteiger partial charge in [0.15, 0.2) is 5.96 Å². The zero-order valence-corrected chi connectivity index (χ0v) is 16.3. The highest BCUT2D eigenvalue weighted by molar-refractivity contribution is 5.79. The number of hydrogen-bond acceptors (Lipinski definition) is 3. The SMILES string of the molecule is CN=C(NCCc1cccc(F)c1)NCc1cccc(OCCN(C)C)c1. The van der Waals surface area contributed by atoms with Crippen molar-refractivity contribution in [3.63, 3.8) is 0 Å². The van der Waals surface area contributed by atoms with Gasteiger partial charge in [0.25, 0.3) is 0 Å². The topological polar surface area (TPSA) is 48.9 Å². The van der Waals surface area contributed by atoms with E-state index in [4.69, 9.17) is 4.74 Å². The van der Waals surface area contributed by atoms with Crippen LogP contribution in [0.3, 0.4) is 0 Å². The van der Waals surface area contributed by atoms with E-state index in [9.17, 15) is 4.39 Å². The summed E-state index contributed by atoms with van der Waals surface area (Å²) in [5, 5.41) is 6.53. The van der Waals surface area contributed by atoms with Gasteiger partial charge in [-0.3, -0.25) is 4.99 Å². The molecule has 0 saturated carbocycles. The average Bonchev–Trinajstić information content (AvgIpc) is 2.64. The molecule has 6 heteroatoms. The predicted octanol–water partition coefficient (Wildman–Crippen LogP) is 2.67. The molecular formula is C21H29FN4O. The third-order valence-corrected chi connectivity index (χ3v) is 3.98. The highest BCUT2D eigenvalue weighted by atomic mass is 19.1. The second kappa shape index (κ2) is 11.2. The van der Waals surface area contributed by atoms with Gasteiger partial charge in [0, 0.05) is 26.7 Å². The van der Waals surface area contributed by atoms with E-state index < -0.39 is 0 Å². The van der Waals surface area contributed by atoms with Crippen molar-refractivity contribution < 1.29 is 9.13 Å². The van der Waals surface area contributed by atoms with Crippen molar-refractivity contribution in [1.29, 1.82) is 0 Å². The number of hydrogen-bond donors (Lipinski definition) is 2. The first-order valence-electron chi connectivity index (χ1n) is 9.12. The van der Waals surface area contributed by atoms with Gasteiger partial charge >= 0.3 is 0 Å². The second-order valence-corrected chi connectivity index (χ2v) is 6.53. The summed E-state index contributed by atoms with van der Waals surface area (Å²) in [5.74, 6) is 1.37. The van der Waals surface area contributed by atoms with E-state index in [1.165, 1.54) is 6.07 Å². The zero-order chi connectivity index (χ0) is 19.5. The van der Waals surface area contributed by atoms with E-state index in [0.29, 0.717) is 25.7 Å². The first-order chi connectivity index (χ1) is 13.1. The third-order valence-electron chi connectivity index (χ3n) is 3.98. The highest BCUT2D eigenvalue weighted by Gasteiger charge is 2.02. The van der Waals surface area contributed by atoms with Gasteiger partial charge in [-0.1, -0.05) is 24.3 Å². The summed E-state index contributed by atoms with van der Waals surface area (Å²) < 4.78 is 19.0. The minimum Gasteiger partial charge on any atom is -0.492 e. The molecule has 0 spiro atoms. The smallest absolute Gasteiger partial charge is 0.191 e. The summed E-state index contributed by atoms with van der Waals surface area (Å²) in [4.78, 5) is 6.32. The van der Waals surface area contributed by atoms with Gasteiger partial charge in [-0.25, -0.2) is 4.39 Å². The van der Waals surface area contributed by atoms with E-state index in [-0.39, 0.29) is 5.82 Å². The minimum atomic E-state index is -0.206. The number of likely N-dealkylation sites (N-methyl/N-ethyl adjacent to an activating group) is 1. The Hall–Kier alpha value is -2.60. The average molecular weight is 372 g/mol. The quantitative estimate of drug-likeness (QED) is 0.525. The Morgan fingerprint density at radius 1 is 1.07 bits per heavy atom. The number of nitrogens with one attached hydrogen (secondary N) is 2. The van der Waals surface area contributed by atoms with Crippen molar-refractivity contribution in [2.24, 2.45) is 4.99 Å². The van der Waals surface area contributed by atoms with Crippen molar-refractivity contribution in [3.05, 3.63) is 65.5 Å². The van der Waals surface area contributed by atoms with Crippen LogP contribution in [0.25, 0.3) is 0 Å².